The molecular formula is C34H51NO3. The zero-order valence-corrected chi connectivity index (χ0v) is 24.6. The Labute approximate surface area is 230 Å². The highest BCUT2D eigenvalue weighted by molar-refractivity contribution is 5.78. The third-order valence-corrected chi connectivity index (χ3v) is 16.3. The van der Waals surface area contributed by atoms with Crippen LogP contribution in [-0.4, -0.2) is 32.9 Å². The summed E-state index contributed by atoms with van der Waals surface area (Å²) in [5.74, 6) is 0.561. The molecule has 6 saturated carbocycles. The summed E-state index contributed by atoms with van der Waals surface area (Å²) in [6, 6.07) is 0. The first-order valence-electron chi connectivity index (χ1n) is 15.7. The average Bonchev–Trinajstić information content (AvgIpc) is 3.67. The Morgan fingerprint density at radius 1 is 0.974 bits per heavy atom. The number of carboxylic acids is 1. The lowest BCUT2D eigenvalue weighted by molar-refractivity contribution is -0.231. The van der Waals surface area contributed by atoms with Crippen LogP contribution < -0.4 is 5.32 Å². The minimum absolute atomic E-state index is 0.00236. The van der Waals surface area contributed by atoms with Crippen LogP contribution in [0.15, 0.2) is 24.8 Å². The van der Waals surface area contributed by atoms with Crippen molar-refractivity contribution in [3.05, 3.63) is 24.8 Å². The molecule has 1 saturated heterocycles. The molecule has 6 aliphatic carbocycles. The van der Waals surface area contributed by atoms with Crippen molar-refractivity contribution in [1.29, 1.82) is 0 Å². The van der Waals surface area contributed by atoms with E-state index in [0.29, 0.717) is 18.3 Å². The highest BCUT2D eigenvalue weighted by atomic mass is 16.4. The number of rotatable bonds is 5. The maximum atomic E-state index is 13.1. The Balaban J connectivity index is 1.31. The van der Waals surface area contributed by atoms with Crippen molar-refractivity contribution in [1.82, 2.24) is 5.32 Å². The molecule has 0 aromatic rings. The van der Waals surface area contributed by atoms with Gasteiger partial charge < -0.3 is 10.2 Å². The van der Waals surface area contributed by atoms with Crippen LogP contribution in [0.4, 0.5) is 0 Å². The number of carbonyl (C=O) groups is 1. The van der Waals surface area contributed by atoms with E-state index in [0.717, 1.165) is 57.8 Å². The molecule has 1 aliphatic heterocycles. The first-order valence-corrected chi connectivity index (χ1v) is 15.7. The molecule has 3 N–H and O–H groups in total. The Hall–Kier alpha value is -1.13. The van der Waals surface area contributed by atoms with Crippen LogP contribution in [0.25, 0.3) is 0 Å². The topological polar surface area (TPSA) is 79.5 Å². The fourth-order valence-electron chi connectivity index (χ4n) is 14.3. The first-order chi connectivity index (χ1) is 17.7. The van der Waals surface area contributed by atoms with Crippen molar-refractivity contribution in [2.24, 2.45) is 44.3 Å². The van der Waals surface area contributed by atoms with Crippen molar-refractivity contribution < 1.29 is 15.0 Å². The third kappa shape index (κ3) is 2.20. The van der Waals surface area contributed by atoms with E-state index in [1.54, 1.807) is 0 Å². The summed E-state index contributed by atoms with van der Waals surface area (Å²) < 4.78 is 0. The van der Waals surface area contributed by atoms with Crippen LogP contribution in [0.5, 0.6) is 0 Å². The van der Waals surface area contributed by atoms with Crippen molar-refractivity contribution in [3.8, 4) is 0 Å². The number of nitrogens with one attached hydrogen (secondary N) is 1. The van der Waals surface area contributed by atoms with Crippen LogP contribution in [0.1, 0.15) is 118 Å². The predicted molar refractivity (Wildman–Crippen MR) is 150 cm³/mol. The second-order valence-electron chi connectivity index (χ2n) is 16.5. The van der Waals surface area contributed by atoms with Gasteiger partial charge in [0.05, 0.1) is 16.6 Å². The van der Waals surface area contributed by atoms with Gasteiger partial charge in [-0.2, -0.15) is 0 Å². The lowest BCUT2D eigenvalue weighted by atomic mass is 9.32. The Morgan fingerprint density at radius 2 is 1.68 bits per heavy atom. The summed E-state index contributed by atoms with van der Waals surface area (Å²) in [6.07, 6.45) is 15.1. The number of aliphatic hydroxyl groups is 1. The van der Waals surface area contributed by atoms with Crippen LogP contribution in [0.3, 0.4) is 0 Å². The SMILES string of the molecule is C=CCC1(O)CCC2(C)C3CCC45CC46C(CC(=C)C)CCC6(C(=O)O)CCC5(C)C3(C)CCC23NC13C. The molecule has 7 fully saturated rings. The molecule has 7 rings (SSSR count). The lowest BCUT2D eigenvalue weighted by Gasteiger charge is -2.72. The highest BCUT2D eigenvalue weighted by Gasteiger charge is 2.92. The number of hydrogen-bond acceptors (Lipinski definition) is 3. The summed E-state index contributed by atoms with van der Waals surface area (Å²) in [6.45, 7) is 20.5. The van der Waals surface area contributed by atoms with Gasteiger partial charge in [-0.1, -0.05) is 32.4 Å². The number of carboxylic acid groups (broad SMARTS) is 1. The standard InChI is InChI=1S/C34H51NO3/c1-8-11-32(38)18-14-27(5)24-10-13-31-21-33(31)23(20-22(2)3)9-12-30(33,25(36)37)17-16-28(31,6)26(24,4)15-19-34(27)29(32,7)35-34/h8,23-24,35,38H,1-2,9-21H2,3-7H3,(H,36,37). The van der Waals surface area contributed by atoms with Gasteiger partial charge in [-0.15, -0.1) is 13.2 Å². The molecule has 11 atom stereocenters. The largest absolute Gasteiger partial charge is 0.481 e. The minimum atomic E-state index is -0.714. The molecule has 4 nitrogen and oxygen atoms in total. The Kier molecular flexibility index (Phi) is 4.64. The van der Waals surface area contributed by atoms with Gasteiger partial charge >= 0.3 is 5.97 Å². The molecule has 4 heteroatoms. The zero-order valence-electron chi connectivity index (χ0n) is 24.6. The molecule has 11 unspecified atom stereocenters. The maximum Gasteiger partial charge on any atom is 0.310 e. The van der Waals surface area contributed by atoms with Gasteiger partial charge in [0.25, 0.3) is 0 Å². The first kappa shape index (κ1) is 25.8. The highest BCUT2D eigenvalue weighted by Crippen LogP contribution is 2.95. The van der Waals surface area contributed by atoms with E-state index in [1.807, 2.05) is 6.08 Å². The van der Waals surface area contributed by atoms with E-state index < -0.39 is 17.0 Å². The Bertz CT molecular complexity index is 1160. The van der Waals surface area contributed by atoms with Gasteiger partial charge in [-0.3, -0.25) is 10.1 Å². The lowest BCUT2D eigenvalue weighted by Crippen LogP contribution is -2.69. The fourth-order valence-corrected chi connectivity index (χ4v) is 14.3. The van der Waals surface area contributed by atoms with Gasteiger partial charge in [0, 0.05) is 5.54 Å². The van der Waals surface area contributed by atoms with Crippen molar-refractivity contribution >= 4 is 5.97 Å². The molecule has 0 aromatic carbocycles. The summed E-state index contributed by atoms with van der Waals surface area (Å²) in [5, 5.41) is 26.6. The number of allylic oxidation sites excluding steroid dienone is 1. The van der Waals surface area contributed by atoms with E-state index in [-0.39, 0.29) is 38.2 Å². The third-order valence-electron chi connectivity index (χ3n) is 16.3. The number of hydrogen-bond donors (Lipinski definition) is 3. The van der Waals surface area contributed by atoms with E-state index in [4.69, 9.17) is 0 Å². The van der Waals surface area contributed by atoms with Crippen LogP contribution in [-0.2, 0) is 4.79 Å². The fraction of sp³-hybridized carbons (Fsp3) is 0.853. The molecular weight excluding hydrogens is 470 g/mol. The monoisotopic (exact) mass is 521 g/mol. The van der Waals surface area contributed by atoms with Crippen LogP contribution in [0.2, 0.25) is 0 Å². The molecule has 7 aliphatic rings. The molecule has 38 heavy (non-hydrogen) atoms. The van der Waals surface area contributed by atoms with E-state index in [2.05, 4.69) is 53.1 Å². The number of aliphatic carboxylic acids is 1. The zero-order chi connectivity index (χ0) is 27.4. The smallest absolute Gasteiger partial charge is 0.310 e. The van der Waals surface area contributed by atoms with Crippen LogP contribution >= 0.6 is 0 Å². The average molecular weight is 522 g/mol. The molecule has 0 bridgehead atoms. The summed E-state index contributed by atoms with van der Waals surface area (Å²) in [5.41, 5.74) is 0.317. The van der Waals surface area contributed by atoms with E-state index >= 15 is 0 Å². The summed E-state index contributed by atoms with van der Waals surface area (Å²) >= 11 is 0. The second-order valence-corrected chi connectivity index (χ2v) is 16.5. The van der Waals surface area contributed by atoms with Crippen molar-refractivity contribution in [2.45, 2.75) is 135 Å². The molecule has 0 aromatic heterocycles. The number of fused-ring (bicyclic) bond motifs is 3. The maximum absolute atomic E-state index is 13.1. The minimum Gasteiger partial charge on any atom is -0.481 e. The molecule has 0 radical (unpaired) electrons. The van der Waals surface area contributed by atoms with Gasteiger partial charge in [-0.25, -0.2) is 0 Å². The van der Waals surface area contributed by atoms with Gasteiger partial charge in [0.15, 0.2) is 0 Å². The molecule has 3 spiro atoms. The summed E-state index contributed by atoms with van der Waals surface area (Å²) in [7, 11) is 0. The van der Waals surface area contributed by atoms with E-state index in [1.165, 1.54) is 24.8 Å². The molecule has 210 valence electrons. The quantitative estimate of drug-likeness (QED) is 0.268. The van der Waals surface area contributed by atoms with E-state index in [9.17, 15) is 15.0 Å². The van der Waals surface area contributed by atoms with Gasteiger partial charge in [0.1, 0.15) is 0 Å². The molecule has 1 heterocycles. The van der Waals surface area contributed by atoms with Crippen molar-refractivity contribution in [2.75, 3.05) is 0 Å². The van der Waals surface area contributed by atoms with Gasteiger partial charge in [-0.05, 0) is 136 Å². The summed E-state index contributed by atoms with van der Waals surface area (Å²) in [4.78, 5) is 13.1. The second kappa shape index (κ2) is 6.84. The van der Waals surface area contributed by atoms with Crippen molar-refractivity contribution in [3.63, 3.8) is 0 Å². The molecule has 0 amide bonds. The van der Waals surface area contributed by atoms with Gasteiger partial charge in [0.2, 0.25) is 0 Å². The van der Waals surface area contributed by atoms with Crippen LogP contribution in [0, 0.1) is 44.3 Å². The predicted octanol–water partition coefficient (Wildman–Crippen LogP) is 7.03. The Morgan fingerprint density at radius 3 is 2.34 bits per heavy atom. The normalized spacial score (nSPS) is 61.2.